The number of nitrogens with zero attached hydrogens (tertiary/aromatic N) is 3. The fourth-order valence-electron chi connectivity index (χ4n) is 3.56. The Morgan fingerprint density at radius 3 is 2.52 bits per heavy atom. The van der Waals surface area contributed by atoms with Crippen molar-refractivity contribution in [3.05, 3.63) is 99.4 Å². The Morgan fingerprint density at radius 2 is 1.76 bits per heavy atom. The number of methoxy groups -OCH3 is 1. The van der Waals surface area contributed by atoms with Crippen molar-refractivity contribution in [3.8, 4) is 22.7 Å². The van der Waals surface area contributed by atoms with E-state index in [1.54, 1.807) is 17.7 Å². The van der Waals surface area contributed by atoms with Crippen LogP contribution in [-0.4, -0.2) is 21.6 Å². The lowest BCUT2D eigenvalue weighted by atomic mass is 10.2. The maximum absolute atomic E-state index is 13.4. The molecule has 0 fully saturated rings. The third-order valence-electron chi connectivity index (χ3n) is 5.22. The minimum absolute atomic E-state index is 0.122. The molecule has 0 bridgehead atoms. The van der Waals surface area contributed by atoms with Gasteiger partial charge in [0.15, 0.2) is 5.13 Å². The van der Waals surface area contributed by atoms with Gasteiger partial charge in [-0.1, -0.05) is 35.9 Å². The fraction of sp³-hybridized carbons (Fsp3) is 0.0800. The number of para-hydroxylation sites is 1. The SMILES string of the molecule is COc1ccc(-n2c(CNc3nc(-c4ccc(Cl)cc4)cs3)nc3ccccc3c2=O)cc1. The molecule has 164 valence electrons. The van der Waals surface area contributed by atoms with E-state index in [1.165, 1.54) is 11.3 Å². The smallest absolute Gasteiger partial charge is 0.266 e. The summed E-state index contributed by atoms with van der Waals surface area (Å²) in [6, 6.07) is 22.3. The maximum Gasteiger partial charge on any atom is 0.266 e. The number of aromatic nitrogens is 3. The van der Waals surface area contributed by atoms with E-state index >= 15 is 0 Å². The summed E-state index contributed by atoms with van der Waals surface area (Å²) in [4.78, 5) is 22.8. The lowest BCUT2D eigenvalue weighted by Crippen LogP contribution is -2.25. The fourth-order valence-corrected chi connectivity index (χ4v) is 4.40. The van der Waals surface area contributed by atoms with Gasteiger partial charge in [0, 0.05) is 16.0 Å². The first-order chi connectivity index (χ1) is 16.1. The molecule has 2 heterocycles. The van der Waals surface area contributed by atoms with Crippen molar-refractivity contribution in [1.82, 2.24) is 14.5 Å². The second kappa shape index (κ2) is 9.05. The van der Waals surface area contributed by atoms with Gasteiger partial charge < -0.3 is 10.1 Å². The van der Waals surface area contributed by atoms with Crippen LogP contribution < -0.4 is 15.6 Å². The molecule has 6 nitrogen and oxygen atoms in total. The van der Waals surface area contributed by atoms with Crippen LogP contribution in [0, 0.1) is 0 Å². The molecule has 0 saturated heterocycles. The number of nitrogens with one attached hydrogen (secondary N) is 1. The summed E-state index contributed by atoms with van der Waals surface area (Å²) >= 11 is 7.48. The molecule has 1 N–H and O–H groups in total. The number of hydrogen-bond donors (Lipinski definition) is 1. The van der Waals surface area contributed by atoms with Crippen LogP contribution in [0.4, 0.5) is 5.13 Å². The van der Waals surface area contributed by atoms with Crippen molar-refractivity contribution in [2.24, 2.45) is 0 Å². The Kier molecular flexibility index (Phi) is 5.81. The summed E-state index contributed by atoms with van der Waals surface area (Å²) in [5, 5.41) is 7.30. The molecule has 0 spiro atoms. The number of anilines is 1. The second-order valence-corrected chi connectivity index (χ2v) is 8.58. The van der Waals surface area contributed by atoms with Crippen LogP contribution in [0.15, 0.2) is 83.0 Å². The van der Waals surface area contributed by atoms with E-state index in [0.29, 0.717) is 28.3 Å². The minimum Gasteiger partial charge on any atom is -0.497 e. The second-order valence-electron chi connectivity index (χ2n) is 7.28. The lowest BCUT2D eigenvalue weighted by Gasteiger charge is -2.14. The first-order valence-electron chi connectivity index (χ1n) is 10.2. The van der Waals surface area contributed by atoms with Gasteiger partial charge >= 0.3 is 0 Å². The zero-order valence-corrected chi connectivity index (χ0v) is 19.2. The minimum atomic E-state index is -0.122. The van der Waals surface area contributed by atoms with E-state index in [-0.39, 0.29) is 5.56 Å². The average Bonchev–Trinajstić information content (AvgIpc) is 3.32. The Hall–Kier alpha value is -3.68. The summed E-state index contributed by atoms with van der Waals surface area (Å²) in [7, 11) is 1.61. The van der Waals surface area contributed by atoms with Crippen molar-refractivity contribution in [1.29, 1.82) is 0 Å². The van der Waals surface area contributed by atoms with Crippen LogP contribution in [0.5, 0.6) is 5.75 Å². The third-order valence-corrected chi connectivity index (χ3v) is 6.27. The summed E-state index contributed by atoms with van der Waals surface area (Å²) in [6.07, 6.45) is 0. The number of hydrogen-bond acceptors (Lipinski definition) is 6. The summed E-state index contributed by atoms with van der Waals surface area (Å²) in [5.74, 6) is 1.31. The maximum atomic E-state index is 13.4. The van der Waals surface area contributed by atoms with Crippen molar-refractivity contribution in [3.63, 3.8) is 0 Å². The molecule has 0 aliphatic heterocycles. The van der Waals surface area contributed by atoms with Gasteiger partial charge in [-0.05, 0) is 48.5 Å². The van der Waals surface area contributed by atoms with E-state index in [4.69, 9.17) is 21.3 Å². The third kappa shape index (κ3) is 4.33. The molecule has 33 heavy (non-hydrogen) atoms. The van der Waals surface area contributed by atoms with Crippen LogP contribution in [0.1, 0.15) is 5.82 Å². The Labute approximate surface area is 199 Å². The predicted molar refractivity (Wildman–Crippen MR) is 134 cm³/mol. The quantitative estimate of drug-likeness (QED) is 0.337. The molecule has 2 aromatic heterocycles. The largest absolute Gasteiger partial charge is 0.497 e. The predicted octanol–water partition coefficient (Wildman–Crippen LogP) is 5.78. The summed E-state index contributed by atoms with van der Waals surface area (Å²) < 4.78 is 6.88. The lowest BCUT2D eigenvalue weighted by molar-refractivity contribution is 0.414. The molecular formula is C25H19ClN4O2S. The Morgan fingerprint density at radius 1 is 1.00 bits per heavy atom. The highest BCUT2D eigenvalue weighted by atomic mass is 35.5. The molecular weight excluding hydrogens is 456 g/mol. The normalized spacial score (nSPS) is 11.0. The highest BCUT2D eigenvalue weighted by molar-refractivity contribution is 7.14. The highest BCUT2D eigenvalue weighted by Crippen LogP contribution is 2.26. The first-order valence-corrected chi connectivity index (χ1v) is 11.5. The molecule has 0 radical (unpaired) electrons. The van der Waals surface area contributed by atoms with Gasteiger partial charge in [0.25, 0.3) is 5.56 Å². The van der Waals surface area contributed by atoms with Gasteiger partial charge in [0.1, 0.15) is 11.6 Å². The molecule has 5 aromatic rings. The molecule has 5 rings (SSSR count). The van der Waals surface area contributed by atoms with Crippen LogP contribution in [-0.2, 0) is 6.54 Å². The average molecular weight is 475 g/mol. The number of rotatable bonds is 6. The van der Waals surface area contributed by atoms with Gasteiger partial charge in [-0.2, -0.15) is 0 Å². The van der Waals surface area contributed by atoms with E-state index in [1.807, 2.05) is 72.1 Å². The van der Waals surface area contributed by atoms with Gasteiger partial charge in [0.2, 0.25) is 0 Å². The van der Waals surface area contributed by atoms with E-state index < -0.39 is 0 Å². The molecule has 0 unspecified atom stereocenters. The van der Waals surface area contributed by atoms with Gasteiger partial charge in [-0.15, -0.1) is 11.3 Å². The number of benzene rings is 3. The molecule has 0 aliphatic carbocycles. The number of thiazole rings is 1. The van der Waals surface area contributed by atoms with Crippen molar-refractivity contribution < 1.29 is 4.74 Å². The number of fused-ring (bicyclic) bond motifs is 1. The summed E-state index contributed by atoms with van der Waals surface area (Å²) in [6.45, 7) is 0.333. The number of halogens is 1. The molecule has 8 heteroatoms. The zero-order valence-electron chi connectivity index (χ0n) is 17.7. The van der Waals surface area contributed by atoms with Crippen LogP contribution in [0.2, 0.25) is 5.02 Å². The summed E-state index contributed by atoms with van der Waals surface area (Å²) in [5.41, 5.74) is 3.10. The standard InChI is InChI=1S/C25H19ClN4O2S/c1-32-19-12-10-18(11-13-19)30-23(28-21-5-3-2-4-20(21)24(30)31)14-27-25-29-22(15-33-25)16-6-8-17(26)9-7-16/h2-13,15H,14H2,1H3,(H,27,29). The van der Waals surface area contributed by atoms with Crippen molar-refractivity contribution in [2.75, 3.05) is 12.4 Å². The molecule has 0 aliphatic rings. The van der Waals surface area contributed by atoms with E-state index in [2.05, 4.69) is 10.3 Å². The molecule has 0 amide bonds. The van der Waals surface area contributed by atoms with E-state index in [0.717, 1.165) is 27.8 Å². The van der Waals surface area contributed by atoms with Crippen molar-refractivity contribution >= 4 is 39.0 Å². The van der Waals surface area contributed by atoms with E-state index in [9.17, 15) is 4.79 Å². The van der Waals surface area contributed by atoms with Crippen molar-refractivity contribution in [2.45, 2.75) is 6.54 Å². The molecule has 0 saturated carbocycles. The number of ether oxygens (including phenoxy) is 1. The van der Waals surface area contributed by atoms with Gasteiger partial charge in [-0.3, -0.25) is 9.36 Å². The zero-order chi connectivity index (χ0) is 22.8. The molecule has 3 aromatic carbocycles. The first kappa shape index (κ1) is 21.2. The van der Waals surface area contributed by atoms with Crippen LogP contribution >= 0.6 is 22.9 Å². The van der Waals surface area contributed by atoms with Crippen LogP contribution in [0.25, 0.3) is 27.8 Å². The molecule has 0 atom stereocenters. The topological polar surface area (TPSA) is 69.0 Å². The van der Waals surface area contributed by atoms with Gasteiger partial charge in [-0.25, -0.2) is 9.97 Å². The Bertz CT molecular complexity index is 1480. The van der Waals surface area contributed by atoms with Crippen LogP contribution in [0.3, 0.4) is 0 Å². The highest BCUT2D eigenvalue weighted by Gasteiger charge is 2.14. The van der Waals surface area contributed by atoms with Gasteiger partial charge in [0.05, 0.1) is 35.9 Å². The monoisotopic (exact) mass is 474 g/mol. The Balaban J connectivity index is 1.49.